The van der Waals surface area contributed by atoms with Crippen LogP contribution < -0.4 is 30.2 Å². The van der Waals surface area contributed by atoms with Gasteiger partial charge in [0.15, 0.2) is 11.5 Å². The Labute approximate surface area is 275 Å². The summed E-state index contributed by atoms with van der Waals surface area (Å²) in [4.78, 5) is 50.6. The van der Waals surface area contributed by atoms with Crippen LogP contribution in [-0.4, -0.2) is 49.7 Å². The minimum Gasteiger partial charge on any atom is -0.493 e. The summed E-state index contributed by atoms with van der Waals surface area (Å²) in [6.45, 7) is 1.74. The Morgan fingerprint density at radius 3 is 2.19 bits per heavy atom. The topological polar surface area (TPSA) is 158 Å². The molecular formula is C34H32N4O8S. The molecule has 0 saturated heterocycles. The fourth-order valence-electron chi connectivity index (χ4n) is 4.35. The monoisotopic (exact) mass is 656 g/mol. The molecule has 0 heterocycles. The molecule has 242 valence electrons. The van der Waals surface area contributed by atoms with Gasteiger partial charge >= 0.3 is 0 Å². The first-order valence-corrected chi connectivity index (χ1v) is 15.1. The number of methoxy groups -OCH3 is 3. The first kappa shape index (κ1) is 34.1. The van der Waals surface area contributed by atoms with E-state index in [4.69, 9.17) is 14.2 Å². The van der Waals surface area contributed by atoms with Crippen LogP contribution in [0.4, 0.5) is 17.1 Å². The van der Waals surface area contributed by atoms with Gasteiger partial charge in [0.05, 0.1) is 37.7 Å². The van der Waals surface area contributed by atoms with Crippen molar-refractivity contribution in [3.8, 4) is 17.2 Å². The number of benzene rings is 4. The van der Waals surface area contributed by atoms with Crippen molar-refractivity contribution in [3.63, 3.8) is 0 Å². The highest BCUT2D eigenvalue weighted by molar-refractivity contribution is 8.00. The van der Waals surface area contributed by atoms with E-state index in [-0.39, 0.29) is 23.0 Å². The fraction of sp³-hybridized carbons (Fsp3) is 0.147. The molecule has 0 aliphatic rings. The zero-order chi connectivity index (χ0) is 33.9. The number of ether oxygens (including phenoxy) is 3. The number of nitro groups is 1. The number of nitrogens with zero attached hydrogens (tertiary/aromatic N) is 1. The fourth-order valence-corrected chi connectivity index (χ4v) is 5.10. The summed E-state index contributed by atoms with van der Waals surface area (Å²) in [7, 11) is 4.42. The van der Waals surface area contributed by atoms with Gasteiger partial charge in [0.1, 0.15) is 5.70 Å². The summed E-state index contributed by atoms with van der Waals surface area (Å²) >= 11 is 1.21. The Bertz CT molecular complexity index is 1800. The summed E-state index contributed by atoms with van der Waals surface area (Å²) in [5.41, 5.74) is 2.13. The molecule has 4 rings (SSSR count). The summed E-state index contributed by atoms with van der Waals surface area (Å²) < 4.78 is 16.3. The van der Waals surface area contributed by atoms with Crippen LogP contribution in [0.2, 0.25) is 0 Å². The first-order valence-electron chi connectivity index (χ1n) is 14.1. The largest absolute Gasteiger partial charge is 0.493 e. The van der Waals surface area contributed by atoms with Crippen LogP contribution in [0.15, 0.2) is 95.5 Å². The number of amides is 3. The van der Waals surface area contributed by atoms with E-state index in [9.17, 15) is 24.5 Å². The molecule has 3 N–H and O–H groups in total. The average molecular weight is 657 g/mol. The van der Waals surface area contributed by atoms with Gasteiger partial charge in [-0.15, -0.1) is 11.8 Å². The van der Waals surface area contributed by atoms with Crippen molar-refractivity contribution in [1.29, 1.82) is 0 Å². The van der Waals surface area contributed by atoms with E-state index in [0.717, 1.165) is 0 Å². The number of carbonyl (C=O) groups excluding carboxylic acids is 3. The van der Waals surface area contributed by atoms with Crippen molar-refractivity contribution >= 4 is 52.6 Å². The Kier molecular flexibility index (Phi) is 11.6. The predicted octanol–water partition coefficient (Wildman–Crippen LogP) is 6.07. The van der Waals surface area contributed by atoms with Gasteiger partial charge in [0.25, 0.3) is 17.5 Å². The summed E-state index contributed by atoms with van der Waals surface area (Å²) in [6, 6.07) is 22.8. The third-order valence-corrected chi connectivity index (χ3v) is 7.69. The number of aryl methyl sites for hydroxylation is 1. The molecule has 0 aromatic heterocycles. The van der Waals surface area contributed by atoms with Gasteiger partial charge in [0.2, 0.25) is 11.7 Å². The van der Waals surface area contributed by atoms with Crippen LogP contribution in [0.1, 0.15) is 21.5 Å². The second-order valence-corrected chi connectivity index (χ2v) is 11.0. The van der Waals surface area contributed by atoms with Gasteiger partial charge in [0, 0.05) is 28.3 Å². The minimum atomic E-state index is -0.607. The number of hydrogen-bond acceptors (Lipinski definition) is 9. The number of anilines is 2. The lowest BCUT2D eigenvalue weighted by Gasteiger charge is -2.15. The van der Waals surface area contributed by atoms with Gasteiger partial charge in [-0.3, -0.25) is 24.5 Å². The molecule has 0 unspecified atom stereocenters. The van der Waals surface area contributed by atoms with Gasteiger partial charge in [-0.1, -0.05) is 30.3 Å². The highest BCUT2D eigenvalue weighted by atomic mass is 32.2. The second kappa shape index (κ2) is 16.0. The smallest absolute Gasteiger partial charge is 0.272 e. The molecule has 12 nitrogen and oxygen atoms in total. The number of hydrogen-bond donors (Lipinski definition) is 3. The normalized spacial score (nSPS) is 10.9. The maximum absolute atomic E-state index is 13.6. The second-order valence-electron chi connectivity index (χ2n) is 9.91. The average Bonchev–Trinajstić information content (AvgIpc) is 3.07. The zero-order valence-electron chi connectivity index (χ0n) is 26.0. The first-order chi connectivity index (χ1) is 22.6. The van der Waals surface area contributed by atoms with E-state index in [1.165, 1.54) is 51.3 Å². The van der Waals surface area contributed by atoms with E-state index < -0.39 is 16.7 Å². The van der Waals surface area contributed by atoms with Crippen LogP contribution in [0.3, 0.4) is 0 Å². The molecule has 0 bridgehead atoms. The van der Waals surface area contributed by atoms with Crippen LogP contribution in [0.5, 0.6) is 17.2 Å². The van der Waals surface area contributed by atoms with E-state index in [1.54, 1.807) is 79.7 Å². The molecule has 0 aliphatic heterocycles. The summed E-state index contributed by atoms with van der Waals surface area (Å²) in [5.74, 6) is -0.345. The molecule has 0 atom stereocenters. The number of non-ortho nitro benzene ring substituents is 1. The predicted molar refractivity (Wildman–Crippen MR) is 180 cm³/mol. The SMILES string of the molecule is COc1cc(/C=C(/NC(=O)c2ccccc2)C(=O)Nc2cccc(SCC(=O)Nc3cc([N+](=O)[O-])ccc3C)c2)cc(OC)c1OC. The van der Waals surface area contributed by atoms with Crippen LogP contribution in [0, 0.1) is 17.0 Å². The molecule has 47 heavy (non-hydrogen) atoms. The molecule has 0 spiro atoms. The Morgan fingerprint density at radius 2 is 1.55 bits per heavy atom. The lowest BCUT2D eigenvalue weighted by atomic mass is 10.1. The highest BCUT2D eigenvalue weighted by Gasteiger charge is 2.18. The van der Waals surface area contributed by atoms with E-state index in [1.807, 2.05) is 0 Å². The van der Waals surface area contributed by atoms with Crippen LogP contribution in [0.25, 0.3) is 6.08 Å². The molecular weight excluding hydrogens is 624 g/mol. The maximum atomic E-state index is 13.6. The van der Waals surface area contributed by atoms with Crippen molar-refractivity contribution in [3.05, 3.63) is 117 Å². The molecule has 0 radical (unpaired) electrons. The highest BCUT2D eigenvalue weighted by Crippen LogP contribution is 2.38. The summed E-state index contributed by atoms with van der Waals surface area (Å²) in [6.07, 6.45) is 1.49. The minimum absolute atomic E-state index is 0.0129. The van der Waals surface area contributed by atoms with E-state index >= 15 is 0 Å². The molecule has 0 fully saturated rings. The number of nitro benzene ring substituents is 1. The Balaban J connectivity index is 1.53. The van der Waals surface area contributed by atoms with E-state index in [0.29, 0.717) is 50.2 Å². The van der Waals surface area contributed by atoms with Gasteiger partial charge in [-0.25, -0.2) is 0 Å². The van der Waals surface area contributed by atoms with Crippen LogP contribution >= 0.6 is 11.8 Å². The molecule has 4 aromatic rings. The van der Waals surface area contributed by atoms with Crippen molar-refractivity contribution in [1.82, 2.24) is 5.32 Å². The molecule has 4 aromatic carbocycles. The van der Waals surface area contributed by atoms with Crippen LogP contribution in [-0.2, 0) is 9.59 Å². The van der Waals surface area contributed by atoms with Gasteiger partial charge in [-0.05, 0) is 66.6 Å². The van der Waals surface area contributed by atoms with Crippen molar-refractivity contribution in [2.45, 2.75) is 11.8 Å². The number of rotatable bonds is 13. The van der Waals surface area contributed by atoms with Crippen molar-refractivity contribution in [2.24, 2.45) is 0 Å². The number of carbonyl (C=O) groups is 3. The Hall–Kier alpha value is -5.82. The Morgan fingerprint density at radius 1 is 0.851 bits per heavy atom. The quantitative estimate of drug-likeness (QED) is 0.0672. The van der Waals surface area contributed by atoms with Crippen molar-refractivity contribution < 1.29 is 33.5 Å². The maximum Gasteiger partial charge on any atom is 0.272 e. The molecule has 0 aliphatic carbocycles. The molecule has 0 saturated carbocycles. The molecule has 13 heteroatoms. The third-order valence-electron chi connectivity index (χ3n) is 6.69. The van der Waals surface area contributed by atoms with Gasteiger partial charge < -0.3 is 30.2 Å². The van der Waals surface area contributed by atoms with E-state index in [2.05, 4.69) is 16.0 Å². The van der Waals surface area contributed by atoms with Crippen molar-refractivity contribution in [2.75, 3.05) is 37.7 Å². The number of thioether (sulfide) groups is 1. The standard InChI is InChI=1S/C34H32N4O8S/c1-21-13-14-25(38(42)43)19-27(21)36-31(39)20-47-26-12-8-11-24(18-26)35-34(41)28(37-33(40)23-9-6-5-7-10-23)15-22-16-29(44-2)32(46-4)30(17-22)45-3/h5-19H,20H2,1-4H3,(H,35,41)(H,36,39)(H,37,40)/b28-15+. The zero-order valence-corrected chi connectivity index (χ0v) is 26.8. The number of nitrogens with one attached hydrogen (secondary N) is 3. The molecule has 3 amide bonds. The lowest BCUT2D eigenvalue weighted by Crippen LogP contribution is -2.30. The summed E-state index contributed by atoms with van der Waals surface area (Å²) in [5, 5.41) is 19.3. The third kappa shape index (κ3) is 9.11. The van der Waals surface area contributed by atoms with Gasteiger partial charge in [-0.2, -0.15) is 0 Å². The lowest BCUT2D eigenvalue weighted by molar-refractivity contribution is -0.384.